The van der Waals surface area contributed by atoms with E-state index in [0.717, 1.165) is 10.4 Å². The van der Waals surface area contributed by atoms with Gasteiger partial charge in [-0.1, -0.05) is 23.7 Å². The first-order chi connectivity index (χ1) is 10.0. The monoisotopic (exact) mass is 325 g/mol. The molecule has 1 amide bonds. The normalized spacial score (nSPS) is 12.0. The van der Waals surface area contributed by atoms with E-state index in [0.29, 0.717) is 16.6 Å². The van der Waals surface area contributed by atoms with Crippen LogP contribution in [0.5, 0.6) is 5.75 Å². The Hall–Kier alpha value is -1.56. The molecule has 0 aliphatic carbocycles. The van der Waals surface area contributed by atoms with E-state index in [1.807, 2.05) is 6.07 Å². The van der Waals surface area contributed by atoms with E-state index >= 15 is 0 Å². The zero-order chi connectivity index (χ0) is 15.2. The van der Waals surface area contributed by atoms with Gasteiger partial charge in [-0.2, -0.15) is 0 Å². The molecule has 6 heteroatoms. The van der Waals surface area contributed by atoms with Crippen LogP contribution in [0.4, 0.5) is 0 Å². The Balaban J connectivity index is 1.79. The molecular formula is C15H16ClNO3S. The average Bonchev–Trinajstić information content (AvgIpc) is 2.89. The Morgan fingerprint density at radius 1 is 1.43 bits per heavy atom. The topological polar surface area (TPSA) is 58.6 Å². The van der Waals surface area contributed by atoms with Gasteiger partial charge in [0.15, 0.2) is 6.61 Å². The quantitative estimate of drug-likeness (QED) is 0.857. The third-order valence-corrected chi connectivity index (χ3v) is 4.03. The van der Waals surface area contributed by atoms with Crippen LogP contribution < -0.4 is 10.1 Å². The standard InChI is InChI=1S/C15H16ClNO3S/c1-10(18)11-3-2-4-12(7-11)20-9-15(19)17-8-13-5-6-14(16)21-13/h2-7,10,18H,8-9H2,1H3,(H,17,19)/t10-/m0/s1. The molecular weight excluding hydrogens is 310 g/mol. The van der Waals surface area contributed by atoms with Crippen molar-refractivity contribution >= 4 is 28.8 Å². The summed E-state index contributed by atoms with van der Waals surface area (Å²) in [7, 11) is 0. The summed E-state index contributed by atoms with van der Waals surface area (Å²) in [5, 5.41) is 12.3. The van der Waals surface area contributed by atoms with Gasteiger partial charge in [-0.3, -0.25) is 4.79 Å². The van der Waals surface area contributed by atoms with Crippen LogP contribution in [-0.4, -0.2) is 17.6 Å². The molecule has 0 fully saturated rings. The first-order valence-corrected chi connectivity index (χ1v) is 7.66. The van der Waals surface area contributed by atoms with E-state index in [-0.39, 0.29) is 12.5 Å². The maximum Gasteiger partial charge on any atom is 0.258 e. The lowest BCUT2D eigenvalue weighted by atomic mass is 10.1. The van der Waals surface area contributed by atoms with Gasteiger partial charge in [0.25, 0.3) is 5.91 Å². The minimum Gasteiger partial charge on any atom is -0.484 e. The van der Waals surface area contributed by atoms with Crippen molar-refractivity contribution in [2.75, 3.05) is 6.61 Å². The number of benzene rings is 1. The molecule has 2 rings (SSSR count). The maximum absolute atomic E-state index is 11.7. The number of hydrogen-bond acceptors (Lipinski definition) is 4. The van der Waals surface area contributed by atoms with Gasteiger partial charge in [0.1, 0.15) is 5.75 Å². The van der Waals surface area contributed by atoms with E-state index in [1.54, 1.807) is 37.3 Å². The largest absolute Gasteiger partial charge is 0.484 e. The van der Waals surface area contributed by atoms with Gasteiger partial charge in [-0.25, -0.2) is 0 Å². The second-order valence-electron chi connectivity index (χ2n) is 4.52. The zero-order valence-electron chi connectivity index (χ0n) is 11.5. The predicted molar refractivity (Wildman–Crippen MR) is 83.7 cm³/mol. The van der Waals surface area contributed by atoms with Crippen LogP contribution in [0.25, 0.3) is 0 Å². The fourth-order valence-electron chi connectivity index (χ4n) is 1.70. The summed E-state index contributed by atoms with van der Waals surface area (Å²) >= 11 is 7.25. The number of nitrogens with one attached hydrogen (secondary N) is 1. The molecule has 0 saturated heterocycles. The zero-order valence-corrected chi connectivity index (χ0v) is 13.1. The van der Waals surface area contributed by atoms with Crippen molar-refractivity contribution in [3.8, 4) is 5.75 Å². The number of rotatable bonds is 6. The lowest BCUT2D eigenvalue weighted by molar-refractivity contribution is -0.123. The maximum atomic E-state index is 11.7. The molecule has 0 unspecified atom stereocenters. The molecule has 2 N–H and O–H groups in total. The van der Waals surface area contributed by atoms with Crippen molar-refractivity contribution < 1.29 is 14.6 Å². The van der Waals surface area contributed by atoms with E-state index in [4.69, 9.17) is 16.3 Å². The predicted octanol–water partition coefficient (Wildman–Crippen LogP) is 3.15. The van der Waals surface area contributed by atoms with Crippen LogP contribution in [-0.2, 0) is 11.3 Å². The molecule has 1 aromatic carbocycles. The van der Waals surface area contributed by atoms with E-state index < -0.39 is 6.10 Å². The van der Waals surface area contributed by atoms with Crippen molar-refractivity contribution in [3.05, 3.63) is 51.2 Å². The number of carbonyl (C=O) groups is 1. The molecule has 1 heterocycles. The number of aliphatic hydroxyl groups is 1. The summed E-state index contributed by atoms with van der Waals surface area (Å²) in [6.07, 6.45) is -0.564. The number of carbonyl (C=O) groups excluding carboxylic acids is 1. The van der Waals surface area contributed by atoms with Crippen LogP contribution in [0.15, 0.2) is 36.4 Å². The molecule has 21 heavy (non-hydrogen) atoms. The van der Waals surface area contributed by atoms with Crippen molar-refractivity contribution in [2.45, 2.75) is 19.6 Å². The molecule has 4 nitrogen and oxygen atoms in total. The first kappa shape index (κ1) is 15.8. The van der Waals surface area contributed by atoms with Crippen LogP contribution in [0, 0.1) is 0 Å². The second kappa shape index (κ2) is 7.45. The smallest absolute Gasteiger partial charge is 0.258 e. The van der Waals surface area contributed by atoms with E-state index in [9.17, 15) is 9.90 Å². The molecule has 0 saturated carbocycles. The highest BCUT2D eigenvalue weighted by atomic mass is 35.5. The van der Waals surface area contributed by atoms with Gasteiger partial charge >= 0.3 is 0 Å². The lowest BCUT2D eigenvalue weighted by Crippen LogP contribution is -2.28. The minimum absolute atomic E-state index is 0.0671. The van der Waals surface area contributed by atoms with Crippen molar-refractivity contribution in [3.63, 3.8) is 0 Å². The SMILES string of the molecule is C[C@H](O)c1cccc(OCC(=O)NCc2ccc(Cl)s2)c1. The first-order valence-electron chi connectivity index (χ1n) is 6.46. The van der Waals surface area contributed by atoms with Gasteiger partial charge in [0.2, 0.25) is 0 Å². The summed E-state index contributed by atoms with van der Waals surface area (Å²) in [5.41, 5.74) is 0.751. The fourth-order valence-corrected chi connectivity index (χ4v) is 2.72. The molecule has 0 radical (unpaired) electrons. The Morgan fingerprint density at radius 3 is 2.90 bits per heavy atom. The van der Waals surface area contributed by atoms with Gasteiger partial charge in [0.05, 0.1) is 17.0 Å². The Labute approximate surface area is 132 Å². The third-order valence-electron chi connectivity index (χ3n) is 2.80. The second-order valence-corrected chi connectivity index (χ2v) is 6.32. The molecule has 0 aliphatic heterocycles. The van der Waals surface area contributed by atoms with Gasteiger partial charge in [-0.05, 0) is 36.8 Å². The van der Waals surface area contributed by atoms with Crippen LogP contribution in [0.2, 0.25) is 4.34 Å². The highest BCUT2D eigenvalue weighted by Gasteiger charge is 2.06. The van der Waals surface area contributed by atoms with Crippen molar-refractivity contribution in [1.82, 2.24) is 5.32 Å². The number of ether oxygens (including phenoxy) is 1. The van der Waals surface area contributed by atoms with Crippen LogP contribution >= 0.6 is 22.9 Å². The molecule has 0 aliphatic rings. The summed E-state index contributed by atoms with van der Waals surface area (Å²) in [6, 6.07) is 10.7. The van der Waals surface area contributed by atoms with E-state index in [1.165, 1.54) is 11.3 Å². The van der Waals surface area contributed by atoms with Crippen LogP contribution in [0.3, 0.4) is 0 Å². The highest BCUT2D eigenvalue weighted by Crippen LogP contribution is 2.21. The molecule has 0 bridgehead atoms. The lowest BCUT2D eigenvalue weighted by Gasteiger charge is -2.09. The van der Waals surface area contributed by atoms with Crippen LogP contribution in [0.1, 0.15) is 23.5 Å². The highest BCUT2D eigenvalue weighted by molar-refractivity contribution is 7.16. The van der Waals surface area contributed by atoms with Gasteiger partial charge in [0, 0.05) is 4.88 Å². The fraction of sp³-hybridized carbons (Fsp3) is 0.267. The van der Waals surface area contributed by atoms with Crippen molar-refractivity contribution in [2.24, 2.45) is 0 Å². The number of halogens is 1. The van der Waals surface area contributed by atoms with Gasteiger partial charge in [-0.15, -0.1) is 11.3 Å². The minimum atomic E-state index is -0.564. The Bertz CT molecular complexity index is 612. The van der Waals surface area contributed by atoms with E-state index in [2.05, 4.69) is 5.32 Å². The molecule has 112 valence electrons. The van der Waals surface area contributed by atoms with Gasteiger partial charge < -0.3 is 15.2 Å². The molecule has 0 spiro atoms. The number of hydrogen-bond donors (Lipinski definition) is 2. The molecule has 1 aromatic heterocycles. The summed E-state index contributed by atoms with van der Waals surface area (Å²) in [5.74, 6) is 0.352. The molecule has 2 aromatic rings. The number of amides is 1. The summed E-state index contributed by atoms with van der Waals surface area (Å²) < 4.78 is 6.11. The molecule has 1 atom stereocenters. The number of aliphatic hydroxyl groups excluding tert-OH is 1. The third kappa shape index (κ3) is 5.04. The number of thiophene rings is 1. The summed E-state index contributed by atoms with van der Waals surface area (Å²) in [4.78, 5) is 12.7. The Morgan fingerprint density at radius 2 is 2.24 bits per heavy atom. The average molecular weight is 326 g/mol. The van der Waals surface area contributed by atoms with Crippen molar-refractivity contribution in [1.29, 1.82) is 0 Å². The Kier molecular flexibility index (Phi) is 5.61. The summed E-state index contributed by atoms with van der Waals surface area (Å²) in [6.45, 7) is 2.05.